The number of likely N-dealkylation sites (N-methyl/N-ethyl adjacent to an activating group) is 1. The average molecular weight is 482 g/mol. The minimum atomic E-state index is 0.829. The fourth-order valence-corrected chi connectivity index (χ4v) is 5.09. The number of nitrogens with one attached hydrogen (secondary N) is 1. The minimum Gasteiger partial charge on any atom is -0.399 e. The van der Waals surface area contributed by atoms with Crippen molar-refractivity contribution in [3.8, 4) is 0 Å². The van der Waals surface area contributed by atoms with Crippen LogP contribution in [0, 0.1) is 0 Å². The monoisotopic (exact) mass is 481 g/mol. The van der Waals surface area contributed by atoms with Crippen LogP contribution in [0.3, 0.4) is 0 Å². The number of anilines is 1. The van der Waals surface area contributed by atoms with Crippen LogP contribution in [0.15, 0.2) is 36.7 Å². The molecule has 0 aliphatic rings. The molecule has 0 saturated carbocycles. The molecule has 1 heterocycles. The number of hydrogen-bond donors (Lipinski definition) is 2. The van der Waals surface area contributed by atoms with Crippen LogP contribution in [0.2, 0.25) is 0 Å². The second-order valence-electron chi connectivity index (χ2n) is 10.8. The fraction of sp³-hybridized carbons (Fsp3) is 0.688. The normalized spacial score (nSPS) is 11.4. The van der Waals surface area contributed by atoms with E-state index in [1.807, 2.05) is 6.07 Å². The Bertz CT molecular complexity index is 806. The molecule has 0 bridgehead atoms. The Hall–Kier alpha value is -1.90. The molecule has 3 nitrogen and oxygen atoms in total. The van der Waals surface area contributed by atoms with E-state index in [2.05, 4.69) is 48.8 Å². The highest BCUT2D eigenvalue weighted by Crippen LogP contribution is 2.22. The summed E-state index contributed by atoms with van der Waals surface area (Å²) in [5.41, 5.74) is 10.6. The van der Waals surface area contributed by atoms with Crippen LogP contribution >= 0.6 is 0 Å². The van der Waals surface area contributed by atoms with Crippen molar-refractivity contribution in [3.63, 3.8) is 0 Å². The topological polar surface area (TPSA) is 45.0 Å². The number of hydrogen-bond acceptors (Lipinski definition) is 2. The zero-order chi connectivity index (χ0) is 25.1. The number of nitrogen functional groups attached to an aromatic ring is 1. The van der Waals surface area contributed by atoms with Crippen molar-refractivity contribution in [2.75, 3.05) is 19.3 Å². The smallest absolute Gasteiger partial charge is 0.0458 e. The Morgan fingerprint density at radius 3 is 1.86 bits per heavy atom. The standard InChI is InChI=1S/C32H55N3/c1-4-5-6-7-8-9-10-11-12-13-14-15-16-17-18-19-20-21-28(2)35(3)25-24-29-27-34-32-23-22-30(33)26-31(29)32/h22-23,26-27,34H,2,4-21,24-25,33H2,1,3H3. The third kappa shape index (κ3) is 12.6. The van der Waals surface area contributed by atoms with Gasteiger partial charge in [-0.2, -0.15) is 0 Å². The van der Waals surface area contributed by atoms with Gasteiger partial charge in [-0.3, -0.25) is 0 Å². The van der Waals surface area contributed by atoms with Crippen LogP contribution in [-0.4, -0.2) is 23.5 Å². The maximum Gasteiger partial charge on any atom is 0.0458 e. The summed E-state index contributed by atoms with van der Waals surface area (Å²) in [6.07, 6.45) is 28.4. The maximum atomic E-state index is 5.97. The van der Waals surface area contributed by atoms with Gasteiger partial charge < -0.3 is 15.6 Å². The molecule has 0 saturated heterocycles. The quantitative estimate of drug-likeness (QED) is 0.130. The van der Waals surface area contributed by atoms with Crippen molar-refractivity contribution in [2.24, 2.45) is 0 Å². The predicted molar refractivity (Wildman–Crippen MR) is 157 cm³/mol. The van der Waals surface area contributed by atoms with E-state index < -0.39 is 0 Å². The molecule has 0 aliphatic heterocycles. The highest BCUT2D eigenvalue weighted by atomic mass is 15.1. The van der Waals surface area contributed by atoms with Crippen molar-refractivity contribution in [3.05, 3.63) is 42.2 Å². The Labute approximate surface area is 216 Å². The SMILES string of the molecule is C=C(CCCCCCCCCCCCCCCCCCC)N(C)CCc1c[nH]c2ccc(N)cc12. The van der Waals surface area contributed by atoms with Crippen molar-refractivity contribution in [2.45, 2.75) is 129 Å². The summed E-state index contributed by atoms with van der Waals surface area (Å²) < 4.78 is 0. The van der Waals surface area contributed by atoms with E-state index in [1.165, 1.54) is 131 Å². The average Bonchev–Trinajstić information content (AvgIpc) is 3.26. The molecule has 2 aromatic rings. The first-order chi connectivity index (χ1) is 17.1. The van der Waals surface area contributed by atoms with Crippen LogP contribution < -0.4 is 5.73 Å². The zero-order valence-electron chi connectivity index (χ0n) is 23.2. The predicted octanol–water partition coefficient (Wildman–Crippen LogP) is 9.78. The molecule has 0 atom stereocenters. The van der Waals surface area contributed by atoms with Crippen LogP contribution in [0.4, 0.5) is 5.69 Å². The van der Waals surface area contributed by atoms with E-state index in [9.17, 15) is 0 Å². The molecular formula is C32H55N3. The number of aromatic amines is 1. The van der Waals surface area contributed by atoms with Gasteiger partial charge in [0.2, 0.25) is 0 Å². The molecule has 1 aromatic heterocycles. The lowest BCUT2D eigenvalue weighted by atomic mass is 10.0. The van der Waals surface area contributed by atoms with Gasteiger partial charge in [-0.15, -0.1) is 0 Å². The summed E-state index contributed by atoms with van der Waals surface area (Å²) >= 11 is 0. The van der Waals surface area contributed by atoms with Gasteiger partial charge in [-0.05, 0) is 43.0 Å². The zero-order valence-corrected chi connectivity index (χ0v) is 23.2. The van der Waals surface area contributed by atoms with Crippen LogP contribution in [0.5, 0.6) is 0 Å². The third-order valence-electron chi connectivity index (χ3n) is 7.62. The lowest BCUT2D eigenvalue weighted by Gasteiger charge is -2.21. The van der Waals surface area contributed by atoms with Gasteiger partial charge in [0.05, 0.1) is 0 Å². The van der Waals surface area contributed by atoms with Gasteiger partial charge in [0.25, 0.3) is 0 Å². The van der Waals surface area contributed by atoms with Gasteiger partial charge in [0, 0.05) is 42.1 Å². The molecule has 35 heavy (non-hydrogen) atoms. The second-order valence-corrected chi connectivity index (χ2v) is 10.8. The van der Waals surface area contributed by atoms with Crippen molar-refractivity contribution in [1.82, 2.24) is 9.88 Å². The first-order valence-corrected chi connectivity index (χ1v) is 14.9. The van der Waals surface area contributed by atoms with Crippen molar-refractivity contribution < 1.29 is 0 Å². The molecule has 0 fully saturated rings. The summed E-state index contributed by atoms with van der Waals surface area (Å²) in [7, 11) is 2.18. The molecular weight excluding hydrogens is 426 g/mol. The van der Waals surface area contributed by atoms with Gasteiger partial charge >= 0.3 is 0 Å². The van der Waals surface area contributed by atoms with Crippen LogP contribution in [-0.2, 0) is 6.42 Å². The van der Waals surface area contributed by atoms with E-state index in [-0.39, 0.29) is 0 Å². The number of allylic oxidation sites excluding steroid dienone is 1. The number of unbranched alkanes of at least 4 members (excludes halogenated alkanes) is 16. The molecule has 2 rings (SSSR count). The molecule has 198 valence electrons. The number of benzene rings is 1. The number of nitrogens with zero attached hydrogens (tertiary/aromatic N) is 1. The summed E-state index contributed by atoms with van der Waals surface area (Å²) in [5, 5.41) is 1.25. The Morgan fingerprint density at radius 2 is 1.31 bits per heavy atom. The van der Waals surface area contributed by atoms with Crippen LogP contribution in [0.1, 0.15) is 128 Å². The molecule has 0 aliphatic carbocycles. The van der Waals surface area contributed by atoms with E-state index in [0.717, 1.165) is 25.1 Å². The molecule has 3 heteroatoms. The molecule has 0 radical (unpaired) electrons. The maximum absolute atomic E-state index is 5.97. The van der Waals surface area contributed by atoms with Crippen LogP contribution in [0.25, 0.3) is 10.9 Å². The number of H-pyrrole nitrogens is 1. The molecule has 0 unspecified atom stereocenters. The number of rotatable bonds is 22. The largest absolute Gasteiger partial charge is 0.399 e. The van der Waals surface area contributed by atoms with Gasteiger partial charge in [0.1, 0.15) is 0 Å². The highest BCUT2D eigenvalue weighted by Gasteiger charge is 2.07. The first kappa shape index (κ1) is 29.3. The number of fused-ring (bicyclic) bond motifs is 1. The van der Waals surface area contributed by atoms with E-state index in [1.54, 1.807) is 0 Å². The third-order valence-corrected chi connectivity index (χ3v) is 7.62. The van der Waals surface area contributed by atoms with Gasteiger partial charge in [0.15, 0.2) is 0 Å². The first-order valence-electron chi connectivity index (χ1n) is 14.9. The number of nitrogens with two attached hydrogens (primary N) is 1. The highest BCUT2D eigenvalue weighted by molar-refractivity contribution is 5.86. The van der Waals surface area contributed by atoms with E-state index in [4.69, 9.17) is 5.73 Å². The lowest BCUT2D eigenvalue weighted by molar-refractivity contribution is 0.401. The molecule has 3 N–H and O–H groups in total. The van der Waals surface area contributed by atoms with E-state index >= 15 is 0 Å². The lowest BCUT2D eigenvalue weighted by Crippen LogP contribution is -2.20. The summed E-state index contributed by atoms with van der Waals surface area (Å²) in [6.45, 7) is 7.64. The molecule has 1 aromatic carbocycles. The van der Waals surface area contributed by atoms with Gasteiger partial charge in [-0.1, -0.05) is 116 Å². The Balaban J connectivity index is 1.38. The number of aromatic nitrogens is 1. The Kier molecular flexibility index (Phi) is 15.4. The van der Waals surface area contributed by atoms with Gasteiger partial charge in [-0.25, -0.2) is 0 Å². The molecule has 0 amide bonds. The van der Waals surface area contributed by atoms with E-state index in [0.29, 0.717) is 0 Å². The van der Waals surface area contributed by atoms with Crippen molar-refractivity contribution in [1.29, 1.82) is 0 Å². The van der Waals surface area contributed by atoms with Crippen molar-refractivity contribution >= 4 is 16.6 Å². The molecule has 0 spiro atoms. The summed E-state index contributed by atoms with van der Waals surface area (Å²) in [6, 6.07) is 6.09. The summed E-state index contributed by atoms with van der Waals surface area (Å²) in [4.78, 5) is 5.69. The second kappa shape index (κ2) is 18.4. The summed E-state index contributed by atoms with van der Waals surface area (Å²) in [5.74, 6) is 0. The Morgan fingerprint density at radius 1 is 0.800 bits per heavy atom. The fourth-order valence-electron chi connectivity index (χ4n) is 5.09. The minimum absolute atomic E-state index is 0.829.